The van der Waals surface area contributed by atoms with Gasteiger partial charge >= 0.3 is 18.9 Å². The molecule has 0 N–H and O–H groups in total. The van der Waals surface area contributed by atoms with Gasteiger partial charge in [0.2, 0.25) is 5.91 Å². The molecule has 0 radical (unpaired) electrons. The number of amides is 1. The van der Waals surface area contributed by atoms with Crippen LogP contribution in [0.5, 0.6) is 0 Å². The van der Waals surface area contributed by atoms with Gasteiger partial charge in [0.15, 0.2) is 0 Å². The van der Waals surface area contributed by atoms with E-state index in [1.54, 1.807) is 18.2 Å². The molecule has 1 aliphatic heterocycles. The number of carboxylic acids is 1. The number of rotatable bonds is 3. The third kappa shape index (κ3) is 3.69. The maximum absolute atomic E-state index is 12.0. The first-order valence-corrected chi connectivity index (χ1v) is 7.25. The van der Waals surface area contributed by atoms with Crippen LogP contribution in [0, 0.1) is 5.92 Å². The van der Waals surface area contributed by atoms with E-state index in [2.05, 4.69) is 0 Å². The summed E-state index contributed by atoms with van der Waals surface area (Å²) in [5.74, 6) is -0.189. The minimum atomic E-state index is -1.13. The van der Waals surface area contributed by atoms with E-state index in [0.717, 1.165) is 44.3 Å². The fourth-order valence-electron chi connectivity index (χ4n) is 2.94. The summed E-state index contributed by atoms with van der Waals surface area (Å²) >= 11 is 0. The van der Waals surface area contributed by atoms with Crippen LogP contribution in [-0.4, -0.2) is 29.9 Å². The molecule has 4 nitrogen and oxygen atoms in total. The predicted octanol–water partition coefficient (Wildman–Crippen LogP) is -1.83. The van der Waals surface area contributed by atoms with Crippen molar-refractivity contribution in [2.75, 3.05) is 13.1 Å². The van der Waals surface area contributed by atoms with Crippen LogP contribution >= 0.6 is 0 Å². The number of carboxylic acid groups (broad SMARTS) is 1. The number of carbonyl (C=O) groups is 2. The van der Waals surface area contributed by atoms with E-state index in [9.17, 15) is 14.7 Å². The molecule has 2 fully saturated rings. The summed E-state index contributed by atoms with van der Waals surface area (Å²) in [6, 6.07) is 7.00. The van der Waals surface area contributed by atoms with E-state index in [1.165, 1.54) is 0 Å². The Morgan fingerprint density at radius 3 is 2.33 bits per heavy atom. The smallest absolute Gasteiger partial charge is 0.545 e. The molecule has 0 unspecified atom stereocenters. The summed E-state index contributed by atoms with van der Waals surface area (Å²) in [4.78, 5) is 24.9. The van der Waals surface area contributed by atoms with Crippen molar-refractivity contribution in [2.24, 2.45) is 5.92 Å². The molecule has 3 rings (SSSR count). The molecule has 0 spiro atoms. The Bertz CT molecular complexity index is 534. The molecule has 1 aliphatic carbocycles. The van der Waals surface area contributed by atoms with Gasteiger partial charge < -0.3 is 14.8 Å². The molecule has 1 saturated heterocycles. The van der Waals surface area contributed by atoms with Gasteiger partial charge in [-0.05, 0) is 48.8 Å². The summed E-state index contributed by atoms with van der Waals surface area (Å²) in [6.07, 6.45) is 3.92. The van der Waals surface area contributed by atoms with Crippen LogP contribution in [0.4, 0.5) is 0 Å². The van der Waals surface area contributed by atoms with Gasteiger partial charge in [0.05, 0.1) is 5.97 Å². The molecule has 0 bridgehead atoms. The Hall–Kier alpha value is -1.24. The van der Waals surface area contributed by atoms with Crippen molar-refractivity contribution in [1.82, 2.24) is 4.90 Å². The molecule has 1 heterocycles. The van der Waals surface area contributed by atoms with Crippen molar-refractivity contribution in [2.45, 2.75) is 31.6 Å². The molecule has 0 aromatic heterocycles. The van der Waals surface area contributed by atoms with Gasteiger partial charge in [-0.25, -0.2) is 0 Å². The standard InChI is InChI=1S/C16H19NO3.Li/c18-15(12-4-5-12)17-8-6-11(7-9-17)13-2-1-3-14(10-13)16(19)20;/h1-3,10-12H,4-9H2,(H,19,20);/q;+1/p-1. The molecule has 106 valence electrons. The van der Waals surface area contributed by atoms with E-state index < -0.39 is 5.97 Å². The average molecular weight is 279 g/mol. The van der Waals surface area contributed by atoms with Crippen molar-refractivity contribution >= 4 is 11.9 Å². The average Bonchev–Trinajstić information content (AvgIpc) is 3.31. The fraction of sp³-hybridized carbons (Fsp3) is 0.500. The monoisotopic (exact) mass is 279 g/mol. The molecule has 1 aromatic rings. The van der Waals surface area contributed by atoms with E-state index in [-0.39, 0.29) is 30.3 Å². The summed E-state index contributed by atoms with van der Waals surface area (Å²) < 4.78 is 0. The molecule has 1 aromatic carbocycles. The van der Waals surface area contributed by atoms with Crippen LogP contribution < -0.4 is 24.0 Å². The zero-order chi connectivity index (χ0) is 14.1. The second kappa shape index (κ2) is 6.68. The van der Waals surface area contributed by atoms with Crippen molar-refractivity contribution in [1.29, 1.82) is 0 Å². The minimum absolute atomic E-state index is 0. The molecule has 21 heavy (non-hydrogen) atoms. The van der Waals surface area contributed by atoms with E-state index >= 15 is 0 Å². The van der Waals surface area contributed by atoms with Crippen molar-refractivity contribution in [3.63, 3.8) is 0 Å². The van der Waals surface area contributed by atoms with Gasteiger partial charge in [-0.3, -0.25) is 4.79 Å². The van der Waals surface area contributed by atoms with Gasteiger partial charge in [-0.1, -0.05) is 18.2 Å². The van der Waals surface area contributed by atoms with Crippen LogP contribution in [0.25, 0.3) is 0 Å². The van der Waals surface area contributed by atoms with Crippen LogP contribution in [0.3, 0.4) is 0 Å². The maximum Gasteiger partial charge on any atom is 1.00 e. The normalized spacial score (nSPS) is 19.0. The Kier molecular flexibility index (Phi) is 5.13. The molecule has 1 saturated carbocycles. The summed E-state index contributed by atoms with van der Waals surface area (Å²) in [7, 11) is 0. The first-order valence-electron chi connectivity index (χ1n) is 7.25. The number of nitrogens with zero attached hydrogens (tertiary/aromatic N) is 1. The number of likely N-dealkylation sites (tertiary alicyclic amines) is 1. The van der Waals surface area contributed by atoms with Gasteiger partial charge in [0, 0.05) is 19.0 Å². The first kappa shape index (κ1) is 16.1. The molecule has 0 atom stereocenters. The second-order valence-corrected chi connectivity index (χ2v) is 5.79. The number of hydrogen-bond acceptors (Lipinski definition) is 3. The quantitative estimate of drug-likeness (QED) is 0.612. The van der Waals surface area contributed by atoms with Crippen molar-refractivity contribution < 1.29 is 33.6 Å². The Morgan fingerprint density at radius 1 is 1.10 bits per heavy atom. The van der Waals surface area contributed by atoms with Crippen LogP contribution in [-0.2, 0) is 4.79 Å². The molecule has 2 aliphatic rings. The summed E-state index contributed by atoms with van der Waals surface area (Å²) in [6.45, 7) is 1.57. The number of carbonyl (C=O) groups excluding carboxylic acids is 2. The maximum atomic E-state index is 12.0. The van der Waals surface area contributed by atoms with E-state index in [4.69, 9.17) is 0 Å². The van der Waals surface area contributed by atoms with E-state index in [0.29, 0.717) is 11.8 Å². The zero-order valence-electron chi connectivity index (χ0n) is 12.4. The first-order chi connectivity index (χ1) is 9.65. The summed E-state index contributed by atoms with van der Waals surface area (Å²) in [5, 5.41) is 10.9. The third-order valence-electron chi connectivity index (χ3n) is 4.33. The topological polar surface area (TPSA) is 60.4 Å². The fourth-order valence-corrected chi connectivity index (χ4v) is 2.94. The van der Waals surface area contributed by atoms with E-state index in [1.807, 2.05) is 11.0 Å². The molecule has 5 heteroatoms. The van der Waals surface area contributed by atoms with Crippen LogP contribution in [0.1, 0.15) is 47.5 Å². The second-order valence-electron chi connectivity index (χ2n) is 5.79. The zero-order valence-corrected chi connectivity index (χ0v) is 12.4. The van der Waals surface area contributed by atoms with Gasteiger partial charge in [0.25, 0.3) is 0 Å². The predicted molar refractivity (Wildman–Crippen MR) is 72.1 cm³/mol. The number of piperidine rings is 1. The number of benzene rings is 1. The third-order valence-corrected chi connectivity index (χ3v) is 4.33. The SMILES string of the molecule is O=C([O-])c1cccc(C2CCN(C(=O)C3CC3)CC2)c1.[Li+]. The van der Waals surface area contributed by atoms with Crippen molar-refractivity contribution in [3.8, 4) is 0 Å². The number of hydrogen-bond donors (Lipinski definition) is 0. The van der Waals surface area contributed by atoms with Gasteiger partial charge in [-0.2, -0.15) is 0 Å². The van der Waals surface area contributed by atoms with Crippen LogP contribution in [0.2, 0.25) is 0 Å². The number of aromatic carboxylic acids is 1. The Balaban J connectivity index is 0.00000161. The molecular weight excluding hydrogens is 261 g/mol. The van der Waals surface area contributed by atoms with Crippen LogP contribution in [0.15, 0.2) is 24.3 Å². The molecule has 1 amide bonds. The van der Waals surface area contributed by atoms with Crippen molar-refractivity contribution in [3.05, 3.63) is 35.4 Å². The molecular formula is C16H18LiNO3. The van der Waals surface area contributed by atoms with Gasteiger partial charge in [-0.15, -0.1) is 0 Å². The minimum Gasteiger partial charge on any atom is -0.545 e. The Labute approximate surface area is 136 Å². The summed E-state index contributed by atoms with van der Waals surface area (Å²) in [5.41, 5.74) is 1.28. The Morgan fingerprint density at radius 2 is 1.76 bits per heavy atom. The van der Waals surface area contributed by atoms with Gasteiger partial charge in [0.1, 0.15) is 0 Å². The largest absolute Gasteiger partial charge is 1.00 e.